The van der Waals surface area contributed by atoms with Crippen molar-refractivity contribution in [3.63, 3.8) is 0 Å². The minimum atomic E-state index is -4.11. The molecular weight excluding hydrogens is 308 g/mol. The van der Waals surface area contributed by atoms with E-state index in [4.69, 9.17) is 11.6 Å². The second kappa shape index (κ2) is 5.39. The highest BCUT2D eigenvalue weighted by molar-refractivity contribution is 7.92. The molecule has 1 heterocycles. The molecule has 0 spiro atoms. The fraction of sp³-hybridized carbons (Fsp3) is 0. The average Bonchev–Trinajstić information content (AvgIpc) is 2.39. The lowest BCUT2D eigenvalue weighted by atomic mass is 10.3. The van der Waals surface area contributed by atoms with Crippen molar-refractivity contribution in [1.82, 2.24) is 9.97 Å². The van der Waals surface area contributed by atoms with Gasteiger partial charge in [0.05, 0.1) is 9.95 Å². The van der Waals surface area contributed by atoms with Crippen LogP contribution in [0.3, 0.4) is 0 Å². The first-order valence-electron chi connectivity index (χ1n) is 5.14. The predicted molar refractivity (Wildman–Crippen MR) is 70.9 cm³/mol. The molecule has 1 aromatic heterocycles. The van der Waals surface area contributed by atoms with Crippen LogP contribution in [0.25, 0.3) is 0 Å². The topological polar surface area (TPSA) is 115 Å². The van der Waals surface area contributed by atoms with Crippen molar-refractivity contribution in [2.75, 3.05) is 4.72 Å². The molecule has 0 amide bonds. The molecule has 0 aliphatic rings. The van der Waals surface area contributed by atoms with E-state index in [1.165, 1.54) is 18.5 Å². The van der Waals surface area contributed by atoms with Crippen molar-refractivity contribution in [2.24, 2.45) is 0 Å². The van der Waals surface area contributed by atoms with Gasteiger partial charge in [-0.05, 0) is 12.1 Å². The van der Waals surface area contributed by atoms with E-state index in [1.807, 2.05) is 0 Å². The maximum absolute atomic E-state index is 12.1. The molecule has 0 radical (unpaired) electrons. The van der Waals surface area contributed by atoms with Gasteiger partial charge in [0.1, 0.15) is 4.90 Å². The summed E-state index contributed by atoms with van der Waals surface area (Å²) >= 11 is 5.77. The number of rotatable bonds is 4. The number of non-ortho nitro benzene ring substituents is 1. The molecule has 1 aromatic carbocycles. The van der Waals surface area contributed by atoms with Crippen LogP contribution in [0.1, 0.15) is 0 Å². The highest BCUT2D eigenvalue weighted by Crippen LogP contribution is 2.27. The number of anilines is 1. The van der Waals surface area contributed by atoms with Crippen LogP contribution in [-0.4, -0.2) is 23.3 Å². The Morgan fingerprint density at radius 3 is 2.50 bits per heavy atom. The van der Waals surface area contributed by atoms with Gasteiger partial charge in [0.2, 0.25) is 5.95 Å². The maximum atomic E-state index is 12.1. The molecule has 0 aliphatic carbocycles. The number of benzene rings is 1. The van der Waals surface area contributed by atoms with Crippen molar-refractivity contribution in [2.45, 2.75) is 4.90 Å². The summed E-state index contributed by atoms with van der Waals surface area (Å²) < 4.78 is 26.3. The minimum absolute atomic E-state index is 0.140. The fourth-order valence-corrected chi connectivity index (χ4v) is 2.82. The third kappa shape index (κ3) is 3.00. The molecule has 20 heavy (non-hydrogen) atoms. The van der Waals surface area contributed by atoms with Gasteiger partial charge in [0.25, 0.3) is 15.7 Å². The first-order valence-corrected chi connectivity index (χ1v) is 7.00. The van der Waals surface area contributed by atoms with Gasteiger partial charge in [-0.25, -0.2) is 23.1 Å². The summed E-state index contributed by atoms with van der Waals surface area (Å²) in [6, 6.07) is 4.63. The molecule has 2 aromatic rings. The summed E-state index contributed by atoms with van der Waals surface area (Å²) in [5.41, 5.74) is -0.385. The Labute approximate surface area is 118 Å². The third-order valence-electron chi connectivity index (χ3n) is 2.21. The highest BCUT2D eigenvalue weighted by atomic mass is 35.5. The van der Waals surface area contributed by atoms with Gasteiger partial charge in [-0.1, -0.05) is 11.6 Å². The summed E-state index contributed by atoms with van der Waals surface area (Å²) in [5.74, 6) is -0.157. The maximum Gasteiger partial charge on any atom is 0.270 e. The van der Waals surface area contributed by atoms with Gasteiger partial charge in [-0.3, -0.25) is 10.1 Å². The van der Waals surface area contributed by atoms with E-state index in [-0.39, 0.29) is 16.7 Å². The van der Waals surface area contributed by atoms with Crippen LogP contribution >= 0.6 is 11.6 Å². The molecule has 1 N–H and O–H groups in total. The number of hydrogen-bond acceptors (Lipinski definition) is 6. The van der Waals surface area contributed by atoms with Gasteiger partial charge in [-0.2, -0.15) is 0 Å². The van der Waals surface area contributed by atoms with Crippen molar-refractivity contribution in [1.29, 1.82) is 0 Å². The second-order valence-electron chi connectivity index (χ2n) is 3.55. The van der Waals surface area contributed by atoms with Gasteiger partial charge < -0.3 is 0 Å². The monoisotopic (exact) mass is 314 g/mol. The fourth-order valence-electron chi connectivity index (χ4n) is 1.34. The van der Waals surface area contributed by atoms with Crippen molar-refractivity contribution in [3.05, 3.63) is 51.8 Å². The number of aromatic nitrogens is 2. The van der Waals surface area contributed by atoms with E-state index in [1.54, 1.807) is 0 Å². The Morgan fingerprint density at radius 1 is 1.25 bits per heavy atom. The van der Waals surface area contributed by atoms with Crippen LogP contribution in [0.2, 0.25) is 5.02 Å². The smallest absolute Gasteiger partial charge is 0.258 e. The van der Waals surface area contributed by atoms with Crippen LogP contribution in [0, 0.1) is 10.1 Å². The Kier molecular flexibility index (Phi) is 3.81. The molecule has 0 saturated carbocycles. The molecule has 104 valence electrons. The predicted octanol–water partition coefficient (Wildman–Crippen LogP) is 1.84. The quantitative estimate of drug-likeness (QED) is 0.680. The van der Waals surface area contributed by atoms with E-state index >= 15 is 0 Å². The zero-order valence-electron chi connectivity index (χ0n) is 9.72. The van der Waals surface area contributed by atoms with Crippen molar-refractivity contribution in [3.8, 4) is 0 Å². The van der Waals surface area contributed by atoms with Crippen molar-refractivity contribution < 1.29 is 13.3 Å². The molecule has 0 saturated heterocycles. The van der Waals surface area contributed by atoms with E-state index in [0.717, 1.165) is 18.2 Å². The number of nitro groups is 1. The first kappa shape index (κ1) is 14.2. The van der Waals surface area contributed by atoms with Gasteiger partial charge in [0, 0.05) is 24.5 Å². The summed E-state index contributed by atoms with van der Waals surface area (Å²) in [7, 11) is -4.11. The molecular formula is C10H7ClN4O4S. The number of halogens is 1. The van der Waals surface area contributed by atoms with E-state index in [9.17, 15) is 18.5 Å². The molecule has 0 atom stereocenters. The van der Waals surface area contributed by atoms with Crippen LogP contribution in [-0.2, 0) is 10.0 Å². The number of nitrogens with one attached hydrogen (secondary N) is 1. The zero-order chi connectivity index (χ0) is 14.8. The SMILES string of the molecule is O=[N+]([O-])c1ccc(Cl)c(S(=O)(=O)Nc2ncccn2)c1. The highest BCUT2D eigenvalue weighted by Gasteiger charge is 2.22. The van der Waals surface area contributed by atoms with Crippen LogP contribution in [0.15, 0.2) is 41.6 Å². The van der Waals surface area contributed by atoms with Crippen LogP contribution < -0.4 is 4.72 Å². The van der Waals surface area contributed by atoms with E-state index < -0.39 is 19.8 Å². The number of hydrogen-bond donors (Lipinski definition) is 1. The summed E-state index contributed by atoms with van der Waals surface area (Å²) in [5, 5.41) is 10.5. The van der Waals surface area contributed by atoms with Gasteiger partial charge in [-0.15, -0.1) is 0 Å². The zero-order valence-corrected chi connectivity index (χ0v) is 11.3. The Hall–Kier alpha value is -2.26. The standard InChI is InChI=1S/C10H7ClN4O4S/c11-8-3-2-7(15(16)17)6-9(8)20(18,19)14-10-12-4-1-5-13-10/h1-6H,(H,12,13,14). The first-order chi connectivity index (χ1) is 9.40. The summed E-state index contributed by atoms with van der Waals surface area (Å²) in [6.07, 6.45) is 2.69. The largest absolute Gasteiger partial charge is 0.270 e. The molecule has 2 rings (SSSR count). The van der Waals surface area contributed by atoms with E-state index in [2.05, 4.69) is 14.7 Å². The molecule has 10 heteroatoms. The lowest BCUT2D eigenvalue weighted by Gasteiger charge is -2.07. The Balaban J connectivity index is 2.44. The number of nitro benzene ring substituents is 1. The molecule has 0 unspecified atom stereocenters. The average molecular weight is 315 g/mol. The minimum Gasteiger partial charge on any atom is -0.258 e. The van der Waals surface area contributed by atoms with Gasteiger partial charge in [0.15, 0.2) is 0 Å². The van der Waals surface area contributed by atoms with Crippen molar-refractivity contribution >= 4 is 33.3 Å². The van der Waals surface area contributed by atoms with Gasteiger partial charge >= 0.3 is 0 Å². The second-order valence-corrected chi connectivity index (χ2v) is 5.61. The summed E-state index contributed by atoms with van der Waals surface area (Å²) in [6.45, 7) is 0. The lowest BCUT2D eigenvalue weighted by Crippen LogP contribution is -2.15. The molecule has 0 fully saturated rings. The number of sulfonamides is 1. The third-order valence-corrected chi connectivity index (χ3v) is 4.02. The van der Waals surface area contributed by atoms with Crippen LogP contribution in [0.4, 0.5) is 11.6 Å². The molecule has 8 nitrogen and oxygen atoms in total. The number of nitrogens with zero attached hydrogens (tertiary/aromatic N) is 3. The van der Waals surface area contributed by atoms with E-state index in [0.29, 0.717) is 0 Å². The lowest BCUT2D eigenvalue weighted by molar-refractivity contribution is -0.385. The Bertz CT molecular complexity index is 751. The van der Waals surface area contributed by atoms with Crippen LogP contribution in [0.5, 0.6) is 0 Å². The summed E-state index contributed by atoms with van der Waals surface area (Å²) in [4.78, 5) is 16.9. The normalized spacial score (nSPS) is 11.1. The molecule has 0 aliphatic heterocycles. The Morgan fingerprint density at radius 2 is 1.90 bits per heavy atom. The molecule has 0 bridgehead atoms.